The highest BCUT2D eigenvalue weighted by Crippen LogP contribution is 2.20. The van der Waals surface area contributed by atoms with E-state index in [9.17, 15) is 4.79 Å². The lowest BCUT2D eigenvalue weighted by molar-refractivity contribution is -0.121. The quantitative estimate of drug-likeness (QED) is 0.859. The minimum Gasteiger partial charge on any atom is -0.345 e. The summed E-state index contributed by atoms with van der Waals surface area (Å²) in [5.74, 6) is 0.963. The van der Waals surface area contributed by atoms with Gasteiger partial charge in [-0.15, -0.1) is 0 Å². The first-order valence-corrected chi connectivity index (χ1v) is 6.20. The minimum atomic E-state index is -0.0246. The highest BCUT2D eigenvalue weighted by Gasteiger charge is 2.21. The molecule has 96 valence electrons. The van der Waals surface area contributed by atoms with Gasteiger partial charge in [0.2, 0.25) is 5.91 Å². The number of aromatic nitrogens is 2. The van der Waals surface area contributed by atoms with Crippen LogP contribution in [0.15, 0.2) is 41.8 Å². The van der Waals surface area contributed by atoms with Crippen molar-refractivity contribution in [1.29, 1.82) is 0 Å². The predicted molar refractivity (Wildman–Crippen MR) is 72.5 cm³/mol. The number of H-pyrrole nitrogens is 1. The molecule has 1 aromatic heterocycles. The van der Waals surface area contributed by atoms with Crippen molar-refractivity contribution in [2.24, 2.45) is 11.0 Å². The fourth-order valence-electron chi connectivity index (χ4n) is 2.22. The molecule has 5 heteroatoms. The summed E-state index contributed by atoms with van der Waals surface area (Å²) in [6.45, 7) is 2.01. The van der Waals surface area contributed by atoms with Gasteiger partial charge in [-0.05, 0) is 5.56 Å². The second kappa shape index (κ2) is 4.68. The van der Waals surface area contributed by atoms with Crippen molar-refractivity contribution in [2.75, 3.05) is 0 Å². The minimum absolute atomic E-state index is 0.0246. The maximum absolute atomic E-state index is 11.2. The van der Waals surface area contributed by atoms with Gasteiger partial charge in [-0.1, -0.05) is 31.2 Å². The Bertz CT molecular complexity index is 613. The average molecular weight is 254 g/mol. The maximum atomic E-state index is 11.2. The Kier molecular flexibility index (Phi) is 2.87. The third-order valence-electron chi connectivity index (χ3n) is 3.21. The predicted octanol–water partition coefficient (Wildman–Crippen LogP) is 1.94. The summed E-state index contributed by atoms with van der Waals surface area (Å²) in [6.07, 6.45) is 4.01. The number of carbonyl (C=O) groups excluding carboxylic acids is 1. The fraction of sp³-hybridized carbons (Fsp3) is 0.214. The number of rotatable bonds is 2. The van der Waals surface area contributed by atoms with Gasteiger partial charge in [-0.25, -0.2) is 10.4 Å². The van der Waals surface area contributed by atoms with Crippen molar-refractivity contribution in [2.45, 2.75) is 13.3 Å². The number of hydrogen-bond donors (Lipinski definition) is 2. The van der Waals surface area contributed by atoms with Gasteiger partial charge in [0.25, 0.3) is 0 Å². The zero-order valence-corrected chi connectivity index (χ0v) is 10.6. The molecule has 1 aromatic carbocycles. The van der Waals surface area contributed by atoms with E-state index < -0.39 is 0 Å². The average Bonchev–Trinajstić information content (AvgIpc) is 2.93. The monoisotopic (exact) mass is 254 g/mol. The summed E-state index contributed by atoms with van der Waals surface area (Å²) in [5.41, 5.74) is 5.52. The number of aromatic amines is 1. The highest BCUT2D eigenvalue weighted by molar-refractivity contribution is 6.05. The Morgan fingerprint density at radius 1 is 1.21 bits per heavy atom. The number of nitrogens with one attached hydrogen (secondary N) is 2. The van der Waals surface area contributed by atoms with Crippen molar-refractivity contribution >= 4 is 11.6 Å². The summed E-state index contributed by atoms with van der Waals surface area (Å²) in [7, 11) is 0. The molecule has 19 heavy (non-hydrogen) atoms. The van der Waals surface area contributed by atoms with E-state index in [0.29, 0.717) is 6.42 Å². The van der Waals surface area contributed by atoms with E-state index in [4.69, 9.17) is 0 Å². The number of benzene rings is 1. The normalized spacial score (nSPS) is 18.9. The van der Waals surface area contributed by atoms with Crippen LogP contribution >= 0.6 is 0 Å². The highest BCUT2D eigenvalue weighted by atomic mass is 16.2. The molecule has 1 aliphatic heterocycles. The topological polar surface area (TPSA) is 70.1 Å². The molecule has 0 spiro atoms. The van der Waals surface area contributed by atoms with Crippen LogP contribution in [0.2, 0.25) is 0 Å². The molecule has 0 saturated carbocycles. The van der Waals surface area contributed by atoms with Gasteiger partial charge in [-0.2, -0.15) is 5.10 Å². The standard InChI is InChI=1S/C14H14N4O/c1-9-8-12(19)17-18-13(9)10-2-4-11(5-3-10)14-15-6-7-16-14/h2-7,9H,8H2,1H3,(H,15,16)(H,17,19). The van der Waals surface area contributed by atoms with E-state index in [0.717, 1.165) is 22.7 Å². The lowest BCUT2D eigenvalue weighted by Gasteiger charge is -2.19. The van der Waals surface area contributed by atoms with Crippen molar-refractivity contribution < 1.29 is 4.79 Å². The van der Waals surface area contributed by atoms with E-state index in [1.807, 2.05) is 31.2 Å². The van der Waals surface area contributed by atoms with Gasteiger partial charge < -0.3 is 4.98 Å². The lowest BCUT2D eigenvalue weighted by atomic mass is 9.93. The molecule has 1 amide bonds. The number of imidazole rings is 1. The van der Waals surface area contributed by atoms with Gasteiger partial charge >= 0.3 is 0 Å². The number of hydrazone groups is 1. The van der Waals surface area contributed by atoms with E-state index in [1.54, 1.807) is 12.4 Å². The zero-order chi connectivity index (χ0) is 13.2. The molecule has 2 N–H and O–H groups in total. The van der Waals surface area contributed by atoms with Crippen LogP contribution < -0.4 is 5.43 Å². The molecule has 2 aromatic rings. The molecule has 1 atom stereocenters. The molecular formula is C14H14N4O. The fourth-order valence-corrected chi connectivity index (χ4v) is 2.22. The third-order valence-corrected chi connectivity index (χ3v) is 3.21. The molecular weight excluding hydrogens is 240 g/mol. The molecule has 0 aliphatic carbocycles. The van der Waals surface area contributed by atoms with Gasteiger partial charge in [-0.3, -0.25) is 4.79 Å². The van der Waals surface area contributed by atoms with E-state index in [2.05, 4.69) is 20.5 Å². The van der Waals surface area contributed by atoms with Crippen LogP contribution in [0.3, 0.4) is 0 Å². The van der Waals surface area contributed by atoms with E-state index in [1.165, 1.54) is 0 Å². The molecule has 0 bridgehead atoms. The Hall–Kier alpha value is -2.43. The molecule has 1 unspecified atom stereocenters. The summed E-state index contributed by atoms with van der Waals surface area (Å²) in [6, 6.07) is 8.01. The summed E-state index contributed by atoms with van der Waals surface area (Å²) in [5, 5.41) is 4.15. The molecule has 3 rings (SSSR count). The second-order valence-electron chi connectivity index (χ2n) is 4.65. The van der Waals surface area contributed by atoms with Crippen molar-refractivity contribution in [3.8, 4) is 11.4 Å². The van der Waals surface area contributed by atoms with Gasteiger partial charge in [0.15, 0.2) is 0 Å². The van der Waals surface area contributed by atoms with Crippen LogP contribution in [0.4, 0.5) is 0 Å². The van der Waals surface area contributed by atoms with E-state index in [-0.39, 0.29) is 11.8 Å². The molecule has 1 aliphatic rings. The van der Waals surface area contributed by atoms with Crippen molar-refractivity contribution in [3.05, 3.63) is 42.2 Å². The SMILES string of the molecule is CC1CC(=O)NN=C1c1ccc(-c2ncc[nH]2)cc1. The summed E-state index contributed by atoms with van der Waals surface area (Å²) >= 11 is 0. The maximum Gasteiger partial charge on any atom is 0.240 e. The zero-order valence-electron chi connectivity index (χ0n) is 10.6. The first-order chi connectivity index (χ1) is 9.24. The first kappa shape index (κ1) is 11.6. The van der Waals surface area contributed by atoms with Crippen LogP contribution in [0.1, 0.15) is 18.9 Å². The smallest absolute Gasteiger partial charge is 0.240 e. The summed E-state index contributed by atoms with van der Waals surface area (Å²) in [4.78, 5) is 18.5. The summed E-state index contributed by atoms with van der Waals surface area (Å²) < 4.78 is 0. The van der Waals surface area contributed by atoms with Gasteiger partial charge in [0.1, 0.15) is 5.82 Å². The Balaban J connectivity index is 1.89. The number of nitrogens with zero attached hydrogens (tertiary/aromatic N) is 2. The van der Waals surface area contributed by atoms with Crippen molar-refractivity contribution in [3.63, 3.8) is 0 Å². The second-order valence-corrected chi connectivity index (χ2v) is 4.65. The van der Waals surface area contributed by atoms with Crippen molar-refractivity contribution in [1.82, 2.24) is 15.4 Å². The molecule has 0 fully saturated rings. The van der Waals surface area contributed by atoms with Crippen LogP contribution in [0.5, 0.6) is 0 Å². The number of amides is 1. The van der Waals surface area contributed by atoms with Crippen LogP contribution in [-0.2, 0) is 4.79 Å². The number of carbonyl (C=O) groups is 1. The van der Waals surface area contributed by atoms with Gasteiger partial charge in [0, 0.05) is 30.3 Å². The molecule has 0 radical (unpaired) electrons. The lowest BCUT2D eigenvalue weighted by Crippen LogP contribution is -2.31. The Morgan fingerprint density at radius 3 is 2.58 bits per heavy atom. The largest absolute Gasteiger partial charge is 0.345 e. The van der Waals surface area contributed by atoms with Crippen LogP contribution in [0.25, 0.3) is 11.4 Å². The third kappa shape index (κ3) is 2.27. The van der Waals surface area contributed by atoms with Gasteiger partial charge in [0.05, 0.1) is 5.71 Å². The van der Waals surface area contributed by atoms with E-state index >= 15 is 0 Å². The van der Waals surface area contributed by atoms with Crippen LogP contribution in [-0.4, -0.2) is 21.6 Å². The molecule has 0 saturated heterocycles. The Labute approximate surface area is 110 Å². The molecule has 2 heterocycles. The first-order valence-electron chi connectivity index (χ1n) is 6.20. The number of hydrogen-bond acceptors (Lipinski definition) is 3. The van der Waals surface area contributed by atoms with Crippen LogP contribution in [0, 0.1) is 5.92 Å². The Morgan fingerprint density at radius 2 is 1.95 bits per heavy atom. The molecule has 5 nitrogen and oxygen atoms in total.